The highest BCUT2D eigenvalue weighted by Crippen LogP contribution is 2.31. The molecule has 0 aliphatic rings. The molecule has 162 valence electrons. The Morgan fingerprint density at radius 2 is 1.87 bits per heavy atom. The highest BCUT2D eigenvalue weighted by molar-refractivity contribution is 5.71. The number of halogens is 3. The summed E-state index contributed by atoms with van der Waals surface area (Å²) in [6.45, 7) is 3.95. The van der Waals surface area contributed by atoms with Crippen LogP contribution in [0.3, 0.4) is 0 Å². The monoisotopic (exact) mass is 433 g/mol. The van der Waals surface area contributed by atoms with Crippen LogP contribution >= 0.6 is 0 Å². The number of nitrogens with one attached hydrogen (secondary N) is 2. The third-order valence-corrected chi connectivity index (χ3v) is 4.19. The summed E-state index contributed by atoms with van der Waals surface area (Å²) in [5.74, 6) is 0.178. The molecular weight excluding hydrogens is 415 g/mol. The summed E-state index contributed by atoms with van der Waals surface area (Å²) < 4.78 is 41.7. The Bertz CT molecular complexity index is 1110. The van der Waals surface area contributed by atoms with E-state index in [-0.39, 0.29) is 17.4 Å². The molecule has 1 aromatic heterocycles. The van der Waals surface area contributed by atoms with Gasteiger partial charge in [0.05, 0.1) is 16.2 Å². The van der Waals surface area contributed by atoms with Crippen LogP contribution in [0.5, 0.6) is 5.75 Å². The lowest BCUT2D eigenvalue weighted by Gasteiger charge is -2.13. The maximum atomic E-state index is 12.6. The van der Waals surface area contributed by atoms with E-state index < -0.39 is 11.3 Å². The van der Waals surface area contributed by atoms with E-state index >= 15 is 0 Å². The number of aromatic nitrogens is 2. The number of rotatable bonds is 7. The van der Waals surface area contributed by atoms with Crippen LogP contribution in [-0.4, -0.2) is 27.8 Å². The van der Waals surface area contributed by atoms with Crippen molar-refractivity contribution in [1.82, 2.24) is 9.97 Å². The fraction of sp³-hybridized carbons (Fsp3) is 0.200. The quantitative estimate of drug-likeness (QED) is 0.378. The Morgan fingerprint density at radius 3 is 2.55 bits per heavy atom. The van der Waals surface area contributed by atoms with Gasteiger partial charge in [-0.2, -0.15) is 4.98 Å². The average molecular weight is 433 g/mol. The molecule has 31 heavy (non-hydrogen) atoms. The van der Waals surface area contributed by atoms with Crippen molar-refractivity contribution in [2.24, 2.45) is 0 Å². The largest absolute Gasteiger partial charge is 0.573 e. The minimum Gasteiger partial charge on any atom is -0.406 e. The summed E-state index contributed by atoms with van der Waals surface area (Å²) in [6, 6.07) is 11.5. The molecule has 0 fully saturated rings. The van der Waals surface area contributed by atoms with Crippen LogP contribution in [0.15, 0.2) is 48.5 Å². The van der Waals surface area contributed by atoms with Crippen LogP contribution in [0, 0.1) is 17.0 Å². The first-order chi connectivity index (χ1) is 14.7. The molecule has 11 heteroatoms. The number of ether oxygens (including phenoxy) is 1. The zero-order valence-electron chi connectivity index (χ0n) is 16.5. The predicted octanol–water partition coefficient (Wildman–Crippen LogP) is 5.43. The van der Waals surface area contributed by atoms with E-state index in [0.29, 0.717) is 34.9 Å². The summed E-state index contributed by atoms with van der Waals surface area (Å²) in [5, 5.41) is 17.2. The van der Waals surface area contributed by atoms with E-state index in [9.17, 15) is 23.3 Å². The molecule has 0 aliphatic carbocycles. The van der Waals surface area contributed by atoms with Crippen molar-refractivity contribution in [3.63, 3.8) is 0 Å². The molecule has 3 rings (SSSR count). The Hall–Kier alpha value is -3.89. The number of hydrogen-bond acceptors (Lipinski definition) is 7. The van der Waals surface area contributed by atoms with E-state index in [1.165, 1.54) is 30.3 Å². The van der Waals surface area contributed by atoms with Gasteiger partial charge in [0.25, 0.3) is 5.69 Å². The first-order valence-corrected chi connectivity index (χ1v) is 9.16. The van der Waals surface area contributed by atoms with Crippen LogP contribution in [0.4, 0.5) is 36.3 Å². The molecule has 0 spiro atoms. The van der Waals surface area contributed by atoms with E-state index in [0.717, 1.165) is 0 Å². The van der Waals surface area contributed by atoms with Crippen molar-refractivity contribution in [3.8, 4) is 17.0 Å². The second-order valence-electron chi connectivity index (χ2n) is 6.40. The van der Waals surface area contributed by atoms with Crippen molar-refractivity contribution in [1.29, 1.82) is 0 Å². The first kappa shape index (κ1) is 21.8. The SMILES string of the molecule is CCNc1nc(Nc2cccc([N+](=O)[O-])c2C)cc(-c2cccc(OC(F)(F)F)c2)n1. The molecule has 0 saturated heterocycles. The number of benzene rings is 2. The van der Waals surface area contributed by atoms with Crippen LogP contribution in [-0.2, 0) is 0 Å². The third-order valence-electron chi connectivity index (χ3n) is 4.19. The summed E-state index contributed by atoms with van der Waals surface area (Å²) in [7, 11) is 0. The van der Waals surface area contributed by atoms with Gasteiger partial charge in [-0.15, -0.1) is 13.2 Å². The number of nitro benzene ring substituents is 1. The highest BCUT2D eigenvalue weighted by atomic mass is 19.4. The number of alkyl halides is 3. The summed E-state index contributed by atoms with van der Waals surface area (Å²) in [4.78, 5) is 19.4. The van der Waals surface area contributed by atoms with E-state index in [2.05, 4.69) is 25.3 Å². The minimum atomic E-state index is -4.81. The first-order valence-electron chi connectivity index (χ1n) is 9.16. The van der Waals surface area contributed by atoms with Crippen LogP contribution in [0.1, 0.15) is 12.5 Å². The van der Waals surface area contributed by atoms with Crippen molar-refractivity contribution >= 4 is 23.1 Å². The maximum Gasteiger partial charge on any atom is 0.573 e. The number of nitrogens with zero attached hydrogens (tertiary/aromatic N) is 3. The van der Waals surface area contributed by atoms with Crippen LogP contribution in [0.2, 0.25) is 0 Å². The van der Waals surface area contributed by atoms with Gasteiger partial charge in [0.15, 0.2) is 0 Å². The molecule has 0 saturated carbocycles. The molecule has 0 unspecified atom stereocenters. The highest BCUT2D eigenvalue weighted by Gasteiger charge is 2.31. The van der Waals surface area contributed by atoms with Gasteiger partial charge in [0, 0.05) is 29.9 Å². The maximum absolute atomic E-state index is 12.6. The Labute approximate surface area is 175 Å². The van der Waals surface area contributed by atoms with E-state index in [1.807, 2.05) is 6.92 Å². The molecule has 2 N–H and O–H groups in total. The fourth-order valence-electron chi connectivity index (χ4n) is 2.84. The number of nitro groups is 1. The lowest BCUT2D eigenvalue weighted by atomic mass is 10.1. The molecular formula is C20H18F3N5O3. The molecule has 0 aliphatic heterocycles. The Morgan fingerprint density at radius 1 is 1.13 bits per heavy atom. The van der Waals surface area contributed by atoms with E-state index in [4.69, 9.17) is 0 Å². The molecule has 2 aromatic carbocycles. The standard InChI is InChI=1S/C20H18F3N5O3/c1-3-24-19-26-16(13-6-4-7-14(10-13)31-20(21,22)23)11-18(27-19)25-15-8-5-9-17(12(15)2)28(29)30/h4-11H,3H2,1-2H3,(H2,24,25,26,27). The van der Waals surface area contributed by atoms with Crippen molar-refractivity contribution in [2.45, 2.75) is 20.2 Å². The van der Waals surface area contributed by atoms with Crippen LogP contribution < -0.4 is 15.4 Å². The summed E-state index contributed by atoms with van der Waals surface area (Å²) in [6.07, 6.45) is -4.81. The zero-order valence-corrected chi connectivity index (χ0v) is 16.5. The van der Waals surface area contributed by atoms with Gasteiger partial charge >= 0.3 is 6.36 Å². The number of hydrogen-bond donors (Lipinski definition) is 2. The smallest absolute Gasteiger partial charge is 0.406 e. The van der Waals surface area contributed by atoms with Gasteiger partial charge in [0.2, 0.25) is 5.95 Å². The topological polar surface area (TPSA) is 102 Å². The molecule has 8 nitrogen and oxygen atoms in total. The minimum absolute atomic E-state index is 0.0526. The lowest BCUT2D eigenvalue weighted by Crippen LogP contribution is -2.17. The molecule has 0 radical (unpaired) electrons. The third kappa shape index (κ3) is 5.59. The molecule has 0 amide bonds. The summed E-state index contributed by atoms with van der Waals surface area (Å²) in [5.41, 5.74) is 1.54. The molecule has 3 aromatic rings. The van der Waals surface area contributed by atoms with E-state index in [1.54, 1.807) is 25.1 Å². The Balaban J connectivity index is 2.00. The van der Waals surface area contributed by atoms with Crippen molar-refractivity contribution in [2.75, 3.05) is 17.2 Å². The van der Waals surface area contributed by atoms with Gasteiger partial charge in [0.1, 0.15) is 11.6 Å². The average Bonchev–Trinajstić information content (AvgIpc) is 2.68. The second-order valence-corrected chi connectivity index (χ2v) is 6.40. The lowest BCUT2D eigenvalue weighted by molar-refractivity contribution is -0.385. The Kier molecular flexibility index (Phi) is 6.23. The van der Waals surface area contributed by atoms with Crippen molar-refractivity contribution < 1.29 is 22.8 Å². The second kappa shape index (κ2) is 8.86. The van der Waals surface area contributed by atoms with Gasteiger partial charge in [-0.25, -0.2) is 4.98 Å². The van der Waals surface area contributed by atoms with Crippen molar-refractivity contribution in [3.05, 3.63) is 64.2 Å². The normalized spacial score (nSPS) is 11.1. The molecule has 1 heterocycles. The molecule has 0 atom stereocenters. The van der Waals surface area contributed by atoms with Gasteiger partial charge in [-0.05, 0) is 32.0 Å². The molecule has 0 bridgehead atoms. The van der Waals surface area contributed by atoms with Gasteiger partial charge < -0.3 is 15.4 Å². The summed E-state index contributed by atoms with van der Waals surface area (Å²) >= 11 is 0. The van der Waals surface area contributed by atoms with Gasteiger partial charge in [-0.1, -0.05) is 18.2 Å². The number of anilines is 3. The fourth-order valence-corrected chi connectivity index (χ4v) is 2.84. The van der Waals surface area contributed by atoms with Gasteiger partial charge in [-0.3, -0.25) is 10.1 Å². The predicted molar refractivity (Wildman–Crippen MR) is 109 cm³/mol. The van der Waals surface area contributed by atoms with Crippen LogP contribution in [0.25, 0.3) is 11.3 Å². The zero-order chi connectivity index (χ0) is 22.6.